The number of nitrogens with zero attached hydrogens (tertiary/aromatic N) is 2. The molecule has 1 aromatic carbocycles. The molecule has 1 unspecified atom stereocenters. The zero-order valence-corrected chi connectivity index (χ0v) is 11.2. The lowest BCUT2D eigenvalue weighted by molar-refractivity contribution is 0.552. The van der Waals surface area contributed by atoms with E-state index in [1.807, 2.05) is 0 Å². The predicted octanol–water partition coefficient (Wildman–Crippen LogP) is 1.54. The van der Waals surface area contributed by atoms with E-state index in [4.69, 9.17) is 23.2 Å². The van der Waals surface area contributed by atoms with E-state index < -0.39 is 5.82 Å². The number of aryl methyl sites for hydroxylation is 1. The molecule has 0 bridgehead atoms. The molecule has 0 aliphatic rings. The second kappa shape index (κ2) is 5.56. The van der Waals surface area contributed by atoms with Crippen LogP contribution in [-0.4, -0.2) is 9.78 Å². The average Bonchev–Trinajstić information content (AvgIpc) is 2.72. The lowest BCUT2D eigenvalue weighted by atomic mass is 10.0. The van der Waals surface area contributed by atoms with E-state index in [9.17, 15) is 4.39 Å². The Hall–Kier alpha value is -1.63. The Morgan fingerprint density at radius 3 is 2.79 bits per heavy atom. The molecule has 102 valence electrons. The summed E-state index contributed by atoms with van der Waals surface area (Å²) in [5.41, 5.74) is 10.2. The number of aromatic nitrogens is 2. The number of hydrazine groups is 1. The van der Waals surface area contributed by atoms with Crippen LogP contribution in [0, 0.1) is 5.82 Å². The first-order chi connectivity index (χ1) is 9.02. The van der Waals surface area contributed by atoms with Crippen molar-refractivity contribution < 1.29 is 4.39 Å². The Labute approximate surface area is 115 Å². The van der Waals surface area contributed by atoms with Gasteiger partial charge in [0, 0.05) is 12.6 Å². The van der Waals surface area contributed by atoms with Crippen molar-refractivity contribution in [3.05, 3.63) is 46.4 Å². The van der Waals surface area contributed by atoms with Gasteiger partial charge in [0.15, 0.2) is 0 Å². The van der Waals surface area contributed by atoms with Crippen molar-refractivity contribution in [2.24, 2.45) is 12.9 Å². The van der Waals surface area contributed by atoms with Gasteiger partial charge in [-0.15, -0.1) is 0 Å². The zero-order chi connectivity index (χ0) is 14.0. The van der Waals surface area contributed by atoms with Crippen molar-refractivity contribution in [3.63, 3.8) is 0 Å². The smallest absolute Gasteiger partial charge is 0.141 e. The van der Waals surface area contributed by atoms with E-state index >= 15 is 0 Å². The number of halogens is 2. The van der Waals surface area contributed by atoms with Gasteiger partial charge in [-0.2, -0.15) is 5.10 Å². The van der Waals surface area contributed by atoms with Crippen molar-refractivity contribution in [1.29, 1.82) is 0 Å². The van der Waals surface area contributed by atoms with Crippen LogP contribution in [0.2, 0.25) is 5.02 Å². The Balaban J connectivity index is 2.24. The first kappa shape index (κ1) is 13.8. The minimum absolute atomic E-state index is 0.0902. The molecule has 2 rings (SSSR count). The second-order valence-electron chi connectivity index (χ2n) is 4.28. The molecule has 0 amide bonds. The molecule has 19 heavy (non-hydrogen) atoms. The Kier molecular flexibility index (Phi) is 4.04. The van der Waals surface area contributed by atoms with Gasteiger partial charge in [0.05, 0.1) is 17.3 Å². The maximum atomic E-state index is 13.1. The van der Waals surface area contributed by atoms with Gasteiger partial charge in [0.25, 0.3) is 0 Å². The number of rotatable bonds is 4. The highest BCUT2D eigenvalue weighted by atomic mass is 35.5. The van der Waals surface area contributed by atoms with Crippen LogP contribution in [0.1, 0.15) is 17.2 Å². The summed E-state index contributed by atoms with van der Waals surface area (Å²) in [5.74, 6) is 5.65. The van der Waals surface area contributed by atoms with E-state index in [2.05, 4.69) is 10.5 Å². The molecule has 1 atom stereocenters. The monoisotopic (exact) mass is 283 g/mol. The highest BCUT2D eigenvalue weighted by molar-refractivity contribution is 6.30. The summed E-state index contributed by atoms with van der Waals surface area (Å²) in [4.78, 5) is 0. The Morgan fingerprint density at radius 1 is 1.53 bits per heavy atom. The highest BCUT2D eigenvalue weighted by Gasteiger charge is 2.17. The number of hydrogen-bond donors (Lipinski definition) is 3. The summed E-state index contributed by atoms with van der Waals surface area (Å²) in [6, 6.07) is 4.36. The lowest BCUT2D eigenvalue weighted by Crippen LogP contribution is -2.30. The number of benzene rings is 1. The predicted molar refractivity (Wildman–Crippen MR) is 72.8 cm³/mol. The van der Waals surface area contributed by atoms with Gasteiger partial charge >= 0.3 is 0 Å². The molecule has 5 nitrogen and oxygen atoms in total. The fourth-order valence-electron chi connectivity index (χ4n) is 1.89. The topological polar surface area (TPSA) is 81.9 Å². The number of nitrogen functional groups attached to an aromatic ring is 1. The van der Waals surface area contributed by atoms with Crippen molar-refractivity contribution in [3.8, 4) is 0 Å². The third kappa shape index (κ3) is 2.86. The van der Waals surface area contributed by atoms with Gasteiger partial charge in [0.1, 0.15) is 11.6 Å². The Morgan fingerprint density at radius 2 is 2.26 bits per heavy atom. The molecule has 0 fully saturated rings. The van der Waals surface area contributed by atoms with Gasteiger partial charge in [0.2, 0.25) is 0 Å². The lowest BCUT2D eigenvalue weighted by Gasteiger charge is -2.15. The Bertz CT molecular complexity index is 583. The van der Waals surface area contributed by atoms with Crippen LogP contribution < -0.4 is 17.0 Å². The van der Waals surface area contributed by atoms with Crippen LogP contribution >= 0.6 is 11.6 Å². The molecule has 0 radical (unpaired) electrons. The van der Waals surface area contributed by atoms with Crippen molar-refractivity contribution in [1.82, 2.24) is 15.2 Å². The molecular formula is C12H15ClFN5. The van der Waals surface area contributed by atoms with Gasteiger partial charge in [-0.3, -0.25) is 16.0 Å². The minimum Gasteiger partial charge on any atom is -0.384 e. The summed E-state index contributed by atoms with van der Waals surface area (Å²) < 4.78 is 14.7. The first-order valence-corrected chi connectivity index (χ1v) is 6.08. The maximum absolute atomic E-state index is 13.1. The van der Waals surface area contributed by atoms with Gasteiger partial charge in [-0.1, -0.05) is 17.7 Å². The van der Waals surface area contributed by atoms with Crippen molar-refractivity contribution in [2.75, 3.05) is 5.73 Å². The summed E-state index contributed by atoms with van der Waals surface area (Å²) in [5, 5.41) is 4.16. The van der Waals surface area contributed by atoms with E-state index in [1.54, 1.807) is 30.1 Å². The van der Waals surface area contributed by atoms with Gasteiger partial charge in [-0.25, -0.2) is 4.39 Å². The second-order valence-corrected chi connectivity index (χ2v) is 4.69. The molecule has 0 saturated carbocycles. The van der Waals surface area contributed by atoms with Crippen molar-refractivity contribution >= 4 is 17.4 Å². The highest BCUT2D eigenvalue weighted by Crippen LogP contribution is 2.24. The average molecular weight is 284 g/mol. The van der Waals surface area contributed by atoms with Crippen LogP contribution in [0.3, 0.4) is 0 Å². The van der Waals surface area contributed by atoms with Crippen LogP contribution in [0.25, 0.3) is 0 Å². The summed E-state index contributed by atoms with van der Waals surface area (Å²) in [7, 11) is 1.75. The minimum atomic E-state index is -0.441. The number of hydrogen-bond acceptors (Lipinski definition) is 4. The van der Waals surface area contributed by atoms with Gasteiger partial charge in [-0.05, 0) is 24.1 Å². The normalized spacial score (nSPS) is 12.6. The first-order valence-electron chi connectivity index (χ1n) is 5.70. The van der Waals surface area contributed by atoms with E-state index in [1.165, 1.54) is 6.07 Å². The maximum Gasteiger partial charge on any atom is 0.141 e. The van der Waals surface area contributed by atoms with Crippen LogP contribution in [0.5, 0.6) is 0 Å². The fourth-order valence-corrected chi connectivity index (χ4v) is 2.10. The molecule has 7 heteroatoms. The summed E-state index contributed by atoms with van der Waals surface area (Å²) in [6.45, 7) is 0. The molecule has 0 aliphatic carbocycles. The van der Waals surface area contributed by atoms with Crippen LogP contribution in [-0.2, 0) is 13.5 Å². The van der Waals surface area contributed by atoms with Gasteiger partial charge < -0.3 is 5.73 Å². The molecule has 1 aromatic heterocycles. The third-order valence-electron chi connectivity index (χ3n) is 3.01. The molecular weight excluding hydrogens is 269 g/mol. The molecule has 0 spiro atoms. The van der Waals surface area contributed by atoms with Crippen molar-refractivity contribution in [2.45, 2.75) is 12.5 Å². The third-order valence-corrected chi connectivity index (χ3v) is 3.30. The van der Waals surface area contributed by atoms with Crippen LogP contribution in [0.4, 0.5) is 10.2 Å². The van der Waals surface area contributed by atoms with E-state index in [0.29, 0.717) is 12.2 Å². The fraction of sp³-hybridized carbons (Fsp3) is 0.250. The molecule has 2 aromatic rings. The molecule has 1 heterocycles. The SMILES string of the molecule is Cn1ncc(C(Cc2ccc(F)c(Cl)c2)NN)c1N. The standard InChI is InChI=1S/C12H15ClFN5/c1-19-12(15)8(6-17-19)11(18-16)5-7-2-3-10(14)9(13)4-7/h2-4,6,11,18H,5,15-16H2,1H3. The largest absolute Gasteiger partial charge is 0.384 e. The van der Waals surface area contributed by atoms with E-state index in [-0.39, 0.29) is 11.1 Å². The zero-order valence-electron chi connectivity index (χ0n) is 10.4. The van der Waals surface area contributed by atoms with Crippen LogP contribution in [0.15, 0.2) is 24.4 Å². The quantitative estimate of drug-likeness (QED) is 0.587. The molecule has 0 saturated heterocycles. The summed E-state index contributed by atoms with van der Waals surface area (Å²) in [6.07, 6.45) is 2.19. The molecule has 0 aliphatic heterocycles. The summed E-state index contributed by atoms with van der Waals surface area (Å²) >= 11 is 5.75. The number of anilines is 1. The van der Waals surface area contributed by atoms with E-state index in [0.717, 1.165) is 11.1 Å². The molecule has 5 N–H and O–H groups in total. The number of nitrogens with two attached hydrogens (primary N) is 2. The number of nitrogens with one attached hydrogen (secondary N) is 1.